The molecule has 0 bridgehead atoms. The molecule has 0 atom stereocenters. The van der Waals surface area contributed by atoms with Gasteiger partial charge in [-0.2, -0.15) is 5.10 Å². The summed E-state index contributed by atoms with van der Waals surface area (Å²) in [4.78, 5) is 8.89. The Hall–Kier alpha value is -4.06. The van der Waals surface area contributed by atoms with Gasteiger partial charge in [0.15, 0.2) is 5.65 Å². The van der Waals surface area contributed by atoms with Crippen molar-refractivity contribution in [1.82, 2.24) is 19.7 Å². The highest BCUT2D eigenvalue weighted by Crippen LogP contribution is 2.29. The highest BCUT2D eigenvalue weighted by molar-refractivity contribution is 5.87. The van der Waals surface area contributed by atoms with Crippen LogP contribution in [0, 0.1) is 5.82 Å². The van der Waals surface area contributed by atoms with E-state index < -0.39 is 0 Å². The summed E-state index contributed by atoms with van der Waals surface area (Å²) in [5, 5.41) is 8.81. The molecule has 0 saturated carbocycles. The van der Waals surface area contributed by atoms with Gasteiger partial charge in [-0.15, -0.1) is 0 Å². The fraction of sp³-hybridized carbons (Fsp3) is 0.0417. The average Bonchev–Trinajstić information content (AvgIpc) is 3.24. The lowest BCUT2D eigenvalue weighted by molar-refractivity contribution is 0.627. The summed E-state index contributed by atoms with van der Waals surface area (Å²) in [6.07, 6.45) is 3.24. The van der Waals surface area contributed by atoms with E-state index in [0.29, 0.717) is 11.5 Å². The van der Waals surface area contributed by atoms with Gasteiger partial charge < -0.3 is 5.32 Å². The fourth-order valence-electron chi connectivity index (χ4n) is 3.52. The predicted molar refractivity (Wildman–Crippen MR) is 115 cm³/mol. The first kappa shape index (κ1) is 18.0. The van der Waals surface area contributed by atoms with Crippen LogP contribution >= 0.6 is 0 Å². The van der Waals surface area contributed by atoms with Crippen LogP contribution in [0.25, 0.3) is 16.7 Å². The van der Waals surface area contributed by atoms with Crippen LogP contribution in [0.5, 0.6) is 0 Å². The molecule has 2 aromatic heterocycles. The molecule has 0 aliphatic rings. The van der Waals surface area contributed by atoms with Gasteiger partial charge in [0.25, 0.3) is 0 Å². The molecule has 0 aliphatic heterocycles. The number of halogens is 1. The molecule has 30 heavy (non-hydrogen) atoms. The van der Waals surface area contributed by atoms with Gasteiger partial charge >= 0.3 is 0 Å². The van der Waals surface area contributed by atoms with Crippen molar-refractivity contribution in [3.63, 3.8) is 0 Å². The van der Waals surface area contributed by atoms with E-state index in [1.165, 1.54) is 18.5 Å². The second-order valence-electron chi connectivity index (χ2n) is 6.89. The van der Waals surface area contributed by atoms with Gasteiger partial charge in [-0.3, -0.25) is 0 Å². The third-order valence-electron chi connectivity index (χ3n) is 4.98. The van der Waals surface area contributed by atoms with Crippen LogP contribution in [0.15, 0.2) is 97.5 Å². The number of aromatic nitrogens is 4. The quantitative estimate of drug-likeness (QED) is 0.447. The molecule has 5 nitrogen and oxygen atoms in total. The number of anilines is 1. The zero-order valence-electron chi connectivity index (χ0n) is 16.0. The third kappa shape index (κ3) is 3.39. The Kier molecular flexibility index (Phi) is 4.65. The highest BCUT2D eigenvalue weighted by atomic mass is 19.1. The molecule has 2 heterocycles. The molecular weight excluding hydrogens is 377 g/mol. The number of benzene rings is 3. The van der Waals surface area contributed by atoms with E-state index in [1.807, 2.05) is 36.4 Å². The van der Waals surface area contributed by atoms with Gasteiger partial charge in [0.1, 0.15) is 18.0 Å². The number of nitrogens with zero attached hydrogens (tertiary/aromatic N) is 4. The van der Waals surface area contributed by atoms with E-state index in [1.54, 1.807) is 23.0 Å². The van der Waals surface area contributed by atoms with Crippen LogP contribution < -0.4 is 5.32 Å². The molecule has 0 aliphatic carbocycles. The lowest BCUT2D eigenvalue weighted by Crippen LogP contribution is -2.13. The number of hydrogen-bond acceptors (Lipinski definition) is 4. The smallest absolute Gasteiger partial charge is 0.168 e. The molecule has 5 aromatic rings. The van der Waals surface area contributed by atoms with Gasteiger partial charge in [0, 0.05) is 0 Å². The number of fused-ring (bicyclic) bond motifs is 1. The molecule has 1 N–H and O–H groups in total. The van der Waals surface area contributed by atoms with Gasteiger partial charge in [0.2, 0.25) is 0 Å². The highest BCUT2D eigenvalue weighted by Gasteiger charge is 2.18. The first-order valence-corrected chi connectivity index (χ1v) is 9.61. The zero-order valence-corrected chi connectivity index (χ0v) is 16.0. The molecule has 146 valence electrons. The van der Waals surface area contributed by atoms with Crippen molar-refractivity contribution in [2.24, 2.45) is 0 Å². The molecule has 0 saturated heterocycles. The third-order valence-corrected chi connectivity index (χ3v) is 4.98. The molecule has 0 fully saturated rings. The van der Waals surface area contributed by atoms with Crippen molar-refractivity contribution in [3.8, 4) is 5.69 Å². The Morgan fingerprint density at radius 1 is 0.767 bits per heavy atom. The maximum atomic E-state index is 13.3. The van der Waals surface area contributed by atoms with E-state index >= 15 is 0 Å². The fourth-order valence-corrected chi connectivity index (χ4v) is 3.52. The summed E-state index contributed by atoms with van der Waals surface area (Å²) < 4.78 is 15.0. The van der Waals surface area contributed by atoms with Crippen LogP contribution in [0.1, 0.15) is 17.2 Å². The second kappa shape index (κ2) is 7.75. The zero-order chi connectivity index (χ0) is 20.3. The molecule has 0 radical (unpaired) electrons. The largest absolute Gasteiger partial charge is 0.358 e. The number of rotatable bonds is 5. The number of hydrogen-bond donors (Lipinski definition) is 1. The Morgan fingerprint density at radius 2 is 1.40 bits per heavy atom. The standard InChI is InChI=1S/C24H18FN5/c25-19-11-13-20(14-12-19)30-24-21(15-28-30)23(26-16-27-24)29-22(17-7-3-1-4-8-17)18-9-5-2-6-10-18/h1-16,22H,(H,26,27,29). The molecular formula is C24H18FN5. The Labute approximate surface area is 172 Å². The van der Waals surface area contributed by atoms with E-state index in [9.17, 15) is 4.39 Å². The van der Waals surface area contributed by atoms with Crippen molar-refractivity contribution in [1.29, 1.82) is 0 Å². The average molecular weight is 395 g/mol. The van der Waals surface area contributed by atoms with Gasteiger partial charge in [0.05, 0.1) is 23.3 Å². The Balaban J connectivity index is 1.58. The number of nitrogens with one attached hydrogen (secondary N) is 1. The van der Waals surface area contributed by atoms with Crippen molar-refractivity contribution in [3.05, 3.63) is 114 Å². The molecule has 6 heteroatoms. The summed E-state index contributed by atoms with van der Waals surface area (Å²) in [5.41, 5.74) is 3.64. The van der Waals surface area contributed by atoms with Gasteiger partial charge in [-0.25, -0.2) is 19.0 Å². The second-order valence-corrected chi connectivity index (χ2v) is 6.89. The summed E-state index contributed by atoms with van der Waals surface area (Å²) in [6, 6.07) is 26.5. The van der Waals surface area contributed by atoms with E-state index in [0.717, 1.165) is 22.2 Å². The van der Waals surface area contributed by atoms with Crippen LogP contribution in [-0.4, -0.2) is 19.7 Å². The normalized spacial score (nSPS) is 11.1. The first-order valence-electron chi connectivity index (χ1n) is 9.61. The topological polar surface area (TPSA) is 55.6 Å². The summed E-state index contributed by atoms with van der Waals surface area (Å²) in [5.74, 6) is 0.395. The minimum Gasteiger partial charge on any atom is -0.358 e. The summed E-state index contributed by atoms with van der Waals surface area (Å²) in [6.45, 7) is 0. The minimum atomic E-state index is -0.291. The van der Waals surface area contributed by atoms with Crippen molar-refractivity contribution < 1.29 is 4.39 Å². The molecule has 5 rings (SSSR count). The predicted octanol–water partition coefficient (Wildman–Crippen LogP) is 5.16. The Bertz CT molecular complexity index is 1230. The van der Waals surface area contributed by atoms with Crippen molar-refractivity contribution >= 4 is 16.9 Å². The monoisotopic (exact) mass is 395 g/mol. The van der Waals surface area contributed by atoms with E-state index in [2.05, 4.69) is 44.6 Å². The van der Waals surface area contributed by atoms with Crippen LogP contribution in [-0.2, 0) is 0 Å². The lowest BCUT2D eigenvalue weighted by Gasteiger charge is -2.20. The molecule has 3 aromatic carbocycles. The van der Waals surface area contributed by atoms with Crippen LogP contribution in [0.4, 0.5) is 10.2 Å². The van der Waals surface area contributed by atoms with Gasteiger partial charge in [-0.05, 0) is 35.4 Å². The van der Waals surface area contributed by atoms with E-state index in [-0.39, 0.29) is 11.9 Å². The maximum Gasteiger partial charge on any atom is 0.168 e. The summed E-state index contributed by atoms with van der Waals surface area (Å²) >= 11 is 0. The SMILES string of the molecule is Fc1ccc(-n2ncc3c(NC(c4ccccc4)c4ccccc4)ncnc32)cc1. The van der Waals surface area contributed by atoms with Crippen molar-refractivity contribution in [2.45, 2.75) is 6.04 Å². The van der Waals surface area contributed by atoms with Gasteiger partial charge in [-0.1, -0.05) is 60.7 Å². The first-order chi connectivity index (χ1) is 14.8. The van der Waals surface area contributed by atoms with Crippen LogP contribution in [0.3, 0.4) is 0 Å². The molecule has 0 unspecified atom stereocenters. The minimum absolute atomic E-state index is 0.0836. The maximum absolute atomic E-state index is 13.3. The Morgan fingerprint density at radius 3 is 2.03 bits per heavy atom. The van der Waals surface area contributed by atoms with E-state index in [4.69, 9.17) is 0 Å². The lowest BCUT2D eigenvalue weighted by atomic mass is 9.98. The van der Waals surface area contributed by atoms with Crippen LogP contribution in [0.2, 0.25) is 0 Å². The molecule has 0 spiro atoms. The summed E-state index contributed by atoms with van der Waals surface area (Å²) in [7, 11) is 0. The van der Waals surface area contributed by atoms with Crippen molar-refractivity contribution in [2.75, 3.05) is 5.32 Å². The molecule has 0 amide bonds.